The van der Waals surface area contributed by atoms with E-state index >= 15 is 0 Å². The predicted molar refractivity (Wildman–Crippen MR) is 132 cm³/mol. The highest BCUT2D eigenvalue weighted by molar-refractivity contribution is 5.63. The van der Waals surface area contributed by atoms with Gasteiger partial charge in [-0.25, -0.2) is 0 Å². The maximum absolute atomic E-state index is 13.2. The van der Waals surface area contributed by atoms with E-state index in [1.165, 1.54) is 24.3 Å². The monoisotopic (exact) mass is 538 g/mol. The zero-order valence-corrected chi connectivity index (χ0v) is 20.2. The molecule has 3 nitrogen and oxygen atoms in total. The summed E-state index contributed by atoms with van der Waals surface area (Å²) in [5.41, 5.74) is -0.369. The third-order valence-corrected chi connectivity index (χ3v) is 7.27. The smallest absolute Gasteiger partial charge is 0.336 e. The Morgan fingerprint density at radius 3 is 1.56 bits per heavy atom. The zero-order valence-electron chi connectivity index (χ0n) is 20.2. The van der Waals surface area contributed by atoms with E-state index < -0.39 is 40.8 Å². The molecule has 2 aliphatic heterocycles. The summed E-state index contributed by atoms with van der Waals surface area (Å²) in [6.07, 6.45) is -9.39. The van der Waals surface area contributed by atoms with E-state index in [-0.39, 0.29) is 6.42 Å². The van der Waals surface area contributed by atoms with Crippen molar-refractivity contribution < 1.29 is 31.1 Å². The second-order valence-corrected chi connectivity index (χ2v) is 9.72. The van der Waals surface area contributed by atoms with Gasteiger partial charge in [0.05, 0.1) is 11.1 Å². The maximum atomic E-state index is 13.2. The Hall–Kier alpha value is -3.98. The lowest BCUT2D eigenvalue weighted by Gasteiger charge is -2.27. The molecule has 0 saturated carbocycles. The van der Waals surface area contributed by atoms with E-state index in [4.69, 9.17) is 4.74 Å². The Bertz CT molecular complexity index is 1450. The lowest BCUT2D eigenvalue weighted by atomic mass is 9.78. The van der Waals surface area contributed by atoms with Gasteiger partial charge in [0.2, 0.25) is 5.72 Å². The van der Waals surface area contributed by atoms with Crippen molar-refractivity contribution >= 4 is 0 Å². The molecule has 0 aliphatic carbocycles. The summed E-state index contributed by atoms with van der Waals surface area (Å²) in [5.74, 6) is 0. The highest BCUT2D eigenvalue weighted by Gasteiger charge is 2.66. The van der Waals surface area contributed by atoms with Crippen LogP contribution in [0.25, 0.3) is 11.1 Å². The lowest BCUT2D eigenvalue weighted by Crippen LogP contribution is -2.27. The number of ether oxygens (including phenoxy) is 1. The molecule has 4 aromatic rings. The molecule has 0 aromatic heterocycles. The molecule has 2 aliphatic rings. The Kier molecular flexibility index (Phi) is 5.69. The van der Waals surface area contributed by atoms with Crippen LogP contribution in [0.15, 0.2) is 113 Å². The van der Waals surface area contributed by atoms with Crippen LogP contribution in [0.3, 0.4) is 0 Å². The Balaban J connectivity index is 1.33. The van der Waals surface area contributed by atoms with E-state index in [9.17, 15) is 26.3 Å². The molecule has 2 unspecified atom stereocenters. The first-order valence-electron chi connectivity index (χ1n) is 12.1. The quantitative estimate of drug-likeness (QED) is 0.189. The van der Waals surface area contributed by atoms with Crippen molar-refractivity contribution in [3.8, 4) is 11.1 Å². The molecule has 2 heterocycles. The number of nitrogens with zero attached hydrogens (tertiary/aromatic N) is 2. The zero-order chi connectivity index (χ0) is 27.5. The van der Waals surface area contributed by atoms with Crippen LogP contribution in [0.1, 0.15) is 40.3 Å². The summed E-state index contributed by atoms with van der Waals surface area (Å²) in [6, 6.07) is 26.5. The summed E-state index contributed by atoms with van der Waals surface area (Å²) in [7, 11) is 0. The molecule has 6 rings (SSSR count). The van der Waals surface area contributed by atoms with Crippen molar-refractivity contribution in [2.75, 3.05) is 0 Å². The lowest BCUT2D eigenvalue weighted by molar-refractivity contribution is -0.138. The Morgan fingerprint density at radius 1 is 0.590 bits per heavy atom. The molecule has 198 valence electrons. The highest BCUT2D eigenvalue weighted by atomic mass is 19.4. The summed E-state index contributed by atoms with van der Waals surface area (Å²) < 4.78 is 85.3. The third-order valence-electron chi connectivity index (χ3n) is 7.27. The van der Waals surface area contributed by atoms with E-state index in [0.717, 1.165) is 41.0 Å². The van der Waals surface area contributed by atoms with Crippen LogP contribution in [-0.2, 0) is 22.6 Å². The van der Waals surface area contributed by atoms with Crippen LogP contribution in [0.4, 0.5) is 26.3 Å². The van der Waals surface area contributed by atoms with Gasteiger partial charge in [0.1, 0.15) is 11.6 Å². The topological polar surface area (TPSA) is 37.2 Å². The fourth-order valence-corrected chi connectivity index (χ4v) is 5.15. The van der Waals surface area contributed by atoms with Gasteiger partial charge in [0.15, 0.2) is 0 Å². The molecule has 1 saturated heterocycles. The standard InChI is InChI=1S/C30H20F6N2O/c31-29(32,33)24-14-10-22(11-15-24)27(23-12-16-25(17-13-23)30(34,35)36)18-28(38-37-27)26(39-28)21-8-6-20(7-9-21)19-4-2-1-3-5-19/h1-17,26H,18H2. The molecule has 4 aromatic carbocycles. The number of hydrogen-bond donors (Lipinski definition) is 0. The van der Waals surface area contributed by atoms with Gasteiger partial charge >= 0.3 is 12.4 Å². The fraction of sp³-hybridized carbons (Fsp3) is 0.200. The Labute approximate surface area is 219 Å². The molecule has 0 amide bonds. The molecule has 39 heavy (non-hydrogen) atoms. The summed E-state index contributed by atoms with van der Waals surface area (Å²) in [4.78, 5) is 0. The van der Waals surface area contributed by atoms with E-state index in [2.05, 4.69) is 10.2 Å². The number of rotatable bonds is 4. The van der Waals surface area contributed by atoms with E-state index in [1.807, 2.05) is 54.6 Å². The summed E-state index contributed by atoms with van der Waals surface area (Å²) in [5, 5.41) is 8.91. The van der Waals surface area contributed by atoms with Gasteiger partial charge < -0.3 is 4.74 Å². The maximum Gasteiger partial charge on any atom is 0.416 e. The molecule has 0 radical (unpaired) electrons. The molecule has 1 spiro atoms. The van der Waals surface area contributed by atoms with Crippen LogP contribution in [-0.4, -0.2) is 5.72 Å². The molecule has 0 bridgehead atoms. The number of hydrogen-bond acceptors (Lipinski definition) is 3. The van der Waals surface area contributed by atoms with E-state index in [0.29, 0.717) is 11.1 Å². The second kappa shape index (κ2) is 8.77. The van der Waals surface area contributed by atoms with Crippen molar-refractivity contribution in [3.63, 3.8) is 0 Å². The highest BCUT2D eigenvalue weighted by Crippen LogP contribution is 2.62. The molecule has 1 fully saturated rings. The second-order valence-electron chi connectivity index (χ2n) is 9.72. The van der Waals surface area contributed by atoms with Crippen LogP contribution >= 0.6 is 0 Å². The number of azo groups is 1. The number of benzene rings is 4. The minimum Gasteiger partial charge on any atom is -0.336 e. The van der Waals surface area contributed by atoms with Gasteiger partial charge in [0.25, 0.3) is 0 Å². The average molecular weight is 538 g/mol. The molecule has 2 atom stereocenters. The molecule has 0 N–H and O–H groups in total. The van der Waals surface area contributed by atoms with Gasteiger partial charge in [-0.05, 0) is 52.1 Å². The Morgan fingerprint density at radius 2 is 1.08 bits per heavy atom. The first-order valence-corrected chi connectivity index (χ1v) is 12.1. The largest absolute Gasteiger partial charge is 0.416 e. The normalized spacial score (nSPS) is 21.8. The minimum atomic E-state index is -4.53. The first-order chi connectivity index (χ1) is 18.5. The van der Waals surface area contributed by atoms with Crippen LogP contribution in [0.2, 0.25) is 0 Å². The summed E-state index contributed by atoms with van der Waals surface area (Å²) >= 11 is 0. The van der Waals surface area contributed by atoms with Crippen molar-refractivity contribution in [1.29, 1.82) is 0 Å². The van der Waals surface area contributed by atoms with Gasteiger partial charge in [-0.2, -0.15) is 36.6 Å². The van der Waals surface area contributed by atoms with E-state index in [1.54, 1.807) is 0 Å². The SMILES string of the molecule is FC(F)(F)c1ccc(C2(c3ccc(C(F)(F)F)cc3)CC3(N=N2)OC3c2ccc(-c3ccccc3)cc2)cc1. The summed E-state index contributed by atoms with van der Waals surface area (Å²) in [6.45, 7) is 0. The molecular formula is C30H20F6N2O. The van der Waals surface area contributed by atoms with Crippen molar-refractivity contribution in [3.05, 3.63) is 131 Å². The third kappa shape index (κ3) is 4.50. The van der Waals surface area contributed by atoms with Crippen LogP contribution in [0, 0.1) is 0 Å². The predicted octanol–water partition coefficient (Wildman–Crippen LogP) is 8.96. The first kappa shape index (κ1) is 25.3. The number of alkyl halides is 6. The average Bonchev–Trinajstić information content (AvgIpc) is 3.49. The minimum absolute atomic E-state index is 0.127. The molecule has 9 heteroatoms. The number of halogens is 6. The van der Waals surface area contributed by atoms with Gasteiger partial charge in [-0.1, -0.05) is 78.9 Å². The van der Waals surface area contributed by atoms with Crippen LogP contribution < -0.4 is 0 Å². The fourth-order valence-electron chi connectivity index (χ4n) is 5.15. The number of epoxide rings is 1. The van der Waals surface area contributed by atoms with Crippen molar-refractivity contribution in [2.45, 2.75) is 36.1 Å². The van der Waals surface area contributed by atoms with Crippen LogP contribution in [0.5, 0.6) is 0 Å². The van der Waals surface area contributed by atoms with Gasteiger partial charge in [-0.15, -0.1) is 0 Å². The van der Waals surface area contributed by atoms with Gasteiger partial charge in [-0.3, -0.25) is 0 Å². The van der Waals surface area contributed by atoms with Crippen molar-refractivity contribution in [1.82, 2.24) is 0 Å². The van der Waals surface area contributed by atoms with Gasteiger partial charge in [0, 0.05) is 6.42 Å². The van der Waals surface area contributed by atoms with Crippen molar-refractivity contribution in [2.24, 2.45) is 10.2 Å². The molecular weight excluding hydrogens is 518 g/mol.